The highest BCUT2D eigenvalue weighted by atomic mass is 127. The van der Waals surface area contributed by atoms with Crippen LogP contribution in [0, 0.1) is 21.3 Å². The molecule has 116 valence electrons. The molecule has 1 aromatic carbocycles. The van der Waals surface area contributed by atoms with Crippen LogP contribution in [0.25, 0.3) is 0 Å². The van der Waals surface area contributed by atoms with Crippen molar-refractivity contribution in [2.45, 2.75) is 46.1 Å². The number of nitrogens with one attached hydrogen (secondary N) is 1. The third kappa shape index (κ3) is 4.35. The van der Waals surface area contributed by atoms with Crippen LogP contribution in [0.5, 0.6) is 0 Å². The monoisotopic (exact) mass is 419 g/mol. The Morgan fingerprint density at radius 2 is 2.10 bits per heavy atom. The van der Waals surface area contributed by atoms with E-state index in [9.17, 15) is 4.79 Å². The van der Waals surface area contributed by atoms with Crippen LogP contribution in [-0.2, 0) is 0 Å². The zero-order chi connectivity index (χ0) is 15.6. The highest BCUT2D eigenvalue weighted by Crippen LogP contribution is 2.33. The summed E-state index contributed by atoms with van der Waals surface area (Å²) >= 11 is 8.29. The van der Waals surface area contributed by atoms with E-state index in [4.69, 9.17) is 11.6 Å². The van der Waals surface area contributed by atoms with E-state index in [0.717, 1.165) is 9.99 Å². The first-order valence-electron chi connectivity index (χ1n) is 7.64. The van der Waals surface area contributed by atoms with Crippen LogP contribution in [0.3, 0.4) is 0 Å². The molecule has 3 unspecified atom stereocenters. The highest BCUT2D eigenvalue weighted by Gasteiger charge is 2.31. The lowest BCUT2D eigenvalue weighted by Gasteiger charge is -2.37. The molecule has 1 aliphatic rings. The van der Waals surface area contributed by atoms with Gasteiger partial charge in [-0.25, -0.2) is 0 Å². The summed E-state index contributed by atoms with van der Waals surface area (Å²) in [5.41, 5.74) is 0.654. The molecule has 21 heavy (non-hydrogen) atoms. The summed E-state index contributed by atoms with van der Waals surface area (Å²) < 4.78 is 0.970. The van der Waals surface area contributed by atoms with Gasteiger partial charge in [-0.1, -0.05) is 38.8 Å². The number of carbonyl (C=O) groups is 1. The van der Waals surface area contributed by atoms with Crippen LogP contribution in [0.15, 0.2) is 18.2 Å². The van der Waals surface area contributed by atoms with Crippen molar-refractivity contribution >= 4 is 40.1 Å². The normalized spacial score (nSPS) is 25.9. The van der Waals surface area contributed by atoms with Crippen molar-refractivity contribution < 1.29 is 4.79 Å². The molecule has 1 aliphatic carbocycles. The molecule has 1 saturated carbocycles. The number of hydrogen-bond donors (Lipinski definition) is 1. The zero-order valence-corrected chi connectivity index (χ0v) is 15.7. The standard InChI is InChI=1S/C17H23ClINO/c1-10(2)13-6-4-11(3)8-16(13)20-17(21)12-5-7-15(19)14(18)9-12/h5,7,9-11,13,16H,4,6,8H2,1-3H3,(H,20,21). The molecule has 1 aromatic rings. The van der Waals surface area contributed by atoms with Crippen LogP contribution in [0.1, 0.15) is 50.4 Å². The molecule has 2 rings (SSSR count). The van der Waals surface area contributed by atoms with E-state index < -0.39 is 0 Å². The van der Waals surface area contributed by atoms with Gasteiger partial charge >= 0.3 is 0 Å². The quantitative estimate of drug-likeness (QED) is 0.676. The van der Waals surface area contributed by atoms with Gasteiger partial charge in [-0.3, -0.25) is 4.79 Å². The SMILES string of the molecule is CC1CCC(C(C)C)C(NC(=O)c2ccc(I)c(Cl)c2)C1. The molecule has 1 N–H and O–H groups in total. The smallest absolute Gasteiger partial charge is 0.251 e. The number of rotatable bonds is 3. The van der Waals surface area contributed by atoms with E-state index in [0.29, 0.717) is 28.3 Å². The lowest BCUT2D eigenvalue weighted by Crippen LogP contribution is -2.45. The fourth-order valence-corrected chi connectivity index (χ4v) is 3.77. The van der Waals surface area contributed by atoms with Crippen LogP contribution in [0.4, 0.5) is 0 Å². The summed E-state index contributed by atoms with van der Waals surface area (Å²) in [5.74, 6) is 1.86. The van der Waals surface area contributed by atoms with Crippen molar-refractivity contribution in [3.63, 3.8) is 0 Å². The molecular weight excluding hydrogens is 397 g/mol. The Hall–Kier alpha value is -0.290. The Morgan fingerprint density at radius 1 is 1.38 bits per heavy atom. The minimum absolute atomic E-state index is 0.00181. The van der Waals surface area contributed by atoms with Crippen molar-refractivity contribution in [3.05, 3.63) is 32.4 Å². The molecule has 0 bridgehead atoms. The summed E-state index contributed by atoms with van der Waals surface area (Å²) in [5, 5.41) is 3.88. The summed E-state index contributed by atoms with van der Waals surface area (Å²) in [7, 11) is 0. The summed E-state index contributed by atoms with van der Waals surface area (Å²) in [4.78, 5) is 12.5. The number of carbonyl (C=O) groups excluding carboxylic acids is 1. The molecule has 0 saturated heterocycles. The van der Waals surface area contributed by atoms with Gasteiger partial charge in [-0.2, -0.15) is 0 Å². The van der Waals surface area contributed by atoms with Gasteiger partial charge in [-0.05, 0) is 71.4 Å². The fourth-order valence-electron chi connectivity index (χ4n) is 3.26. The average molecular weight is 420 g/mol. The van der Waals surface area contributed by atoms with Gasteiger partial charge < -0.3 is 5.32 Å². The Bertz CT molecular complexity index is 518. The zero-order valence-electron chi connectivity index (χ0n) is 12.8. The van der Waals surface area contributed by atoms with Crippen molar-refractivity contribution in [1.29, 1.82) is 0 Å². The highest BCUT2D eigenvalue weighted by molar-refractivity contribution is 14.1. The van der Waals surface area contributed by atoms with Crippen molar-refractivity contribution in [2.24, 2.45) is 17.8 Å². The molecule has 0 heterocycles. The second-order valence-corrected chi connectivity index (χ2v) is 8.10. The second-order valence-electron chi connectivity index (χ2n) is 6.53. The lowest BCUT2D eigenvalue weighted by atomic mass is 9.74. The first kappa shape index (κ1) is 17.1. The molecule has 0 aliphatic heterocycles. The van der Waals surface area contributed by atoms with Crippen molar-refractivity contribution in [2.75, 3.05) is 0 Å². The minimum atomic E-state index is -0.00181. The van der Waals surface area contributed by atoms with Gasteiger partial charge in [0.1, 0.15) is 0 Å². The van der Waals surface area contributed by atoms with Crippen LogP contribution >= 0.6 is 34.2 Å². The molecule has 0 radical (unpaired) electrons. The first-order chi connectivity index (χ1) is 9.88. The second kappa shape index (κ2) is 7.32. The molecule has 0 aromatic heterocycles. The maximum absolute atomic E-state index is 12.5. The predicted octanol–water partition coefficient (Wildman–Crippen LogP) is 5.14. The molecule has 2 nitrogen and oxygen atoms in total. The van der Waals surface area contributed by atoms with Gasteiger partial charge in [0, 0.05) is 15.2 Å². The number of hydrogen-bond acceptors (Lipinski definition) is 1. The van der Waals surface area contributed by atoms with E-state index in [-0.39, 0.29) is 11.9 Å². The van der Waals surface area contributed by atoms with Gasteiger partial charge in [-0.15, -0.1) is 0 Å². The third-order valence-electron chi connectivity index (χ3n) is 4.52. The van der Waals surface area contributed by atoms with Crippen LogP contribution < -0.4 is 5.32 Å². The Labute approximate surface area is 146 Å². The molecule has 3 atom stereocenters. The summed E-state index contributed by atoms with van der Waals surface area (Å²) in [6, 6.07) is 5.77. The average Bonchev–Trinajstić information content (AvgIpc) is 2.41. The Morgan fingerprint density at radius 3 is 2.71 bits per heavy atom. The maximum atomic E-state index is 12.5. The van der Waals surface area contributed by atoms with Gasteiger partial charge in [0.05, 0.1) is 5.02 Å². The number of benzene rings is 1. The molecule has 1 amide bonds. The van der Waals surface area contributed by atoms with E-state index in [1.165, 1.54) is 12.8 Å². The third-order valence-corrected chi connectivity index (χ3v) is 6.09. The molecular formula is C17H23ClINO. The number of amides is 1. The van der Waals surface area contributed by atoms with Gasteiger partial charge in [0.2, 0.25) is 0 Å². The van der Waals surface area contributed by atoms with E-state index in [1.54, 1.807) is 6.07 Å². The van der Waals surface area contributed by atoms with Crippen LogP contribution in [-0.4, -0.2) is 11.9 Å². The maximum Gasteiger partial charge on any atom is 0.251 e. The lowest BCUT2D eigenvalue weighted by molar-refractivity contribution is 0.0868. The fraction of sp³-hybridized carbons (Fsp3) is 0.588. The Kier molecular flexibility index (Phi) is 5.95. The van der Waals surface area contributed by atoms with E-state index in [1.807, 2.05) is 12.1 Å². The predicted molar refractivity (Wildman–Crippen MR) is 96.8 cm³/mol. The minimum Gasteiger partial charge on any atom is -0.349 e. The van der Waals surface area contributed by atoms with E-state index in [2.05, 4.69) is 48.7 Å². The van der Waals surface area contributed by atoms with E-state index >= 15 is 0 Å². The van der Waals surface area contributed by atoms with Crippen molar-refractivity contribution in [3.8, 4) is 0 Å². The summed E-state index contributed by atoms with van der Waals surface area (Å²) in [6.45, 7) is 6.78. The van der Waals surface area contributed by atoms with Crippen molar-refractivity contribution in [1.82, 2.24) is 5.32 Å². The Balaban J connectivity index is 2.10. The topological polar surface area (TPSA) is 29.1 Å². The van der Waals surface area contributed by atoms with Gasteiger partial charge in [0.15, 0.2) is 0 Å². The molecule has 0 spiro atoms. The summed E-state index contributed by atoms with van der Waals surface area (Å²) in [6.07, 6.45) is 3.55. The molecule has 1 fully saturated rings. The largest absolute Gasteiger partial charge is 0.349 e. The molecule has 4 heteroatoms. The number of halogens is 2. The first-order valence-corrected chi connectivity index (χ1v) is 9.10. The van der Waals surface area contributed by atoms with Crippen LogP contribution in [0.2, 0.25) is 5.02 Å². The van der Waals surface area contributed by atoms with Gasteiger partial charge in [0.25, 0.3) is 5.91 Å².